The third kappa shape index (κ3) is 6.94. The van der Waals surface area contributed by atoms with E-state index in [-0.39, 0.29) is 12.0 Å². The van der Waals surface area contributed by atoms with Crippen LogP contribution in [0.5, 0.6) is 5.75 Å². The van der Waals surface area contributed by atoms with E-state index < -0.39 is 5.91 Å². The quantitative estimate of drug-likeness (QED) is 0.455. The van der Waals surface area contributed by atoms with E-state index in [9.17, 15) is 4.79 Å². The summed E-state index contributed by atoms with van der Waals surface area (Å²) in [7, 11) is 0. The molecule has 2 rings (SSSR count). The molecule has 0 unspecified atom stereocenters. The fraction of sp³-hybridized carbons (Fsp3) is 0.400. The Kier molecular flexibility index (Phi) is 7.67. The van der Waals surface area contributed by atoms with Crippen LogP contribution >= 0.6 is 11.3 Å². The number of guanidine groups is 1. The Bertz CT molecular complexity index is 757. The molecule has 0 saturated heterocycles. The van der Waals surface area contributed by atoms with Crippen LogP contribution in [-0.4, -0.2) is 31.6 Å². The largest absolute Gasteiger partial charge is 0.484 e. The van der Waals surface area contributed by atoms with Crippen molar-refractivity contribution >= 4 is 23.2 Å². The number of aliphatic imine (C=N–C) groups is 1. The Hall–Kier alpha value is -2.54. The number of carbonyl (C=O) groups excluding carboxylic acids is 1. The van der Waals surface area contributed by atoms with E-state index in [4.69, 9.17) is 10.5 Å². The first kappa shape index (κ1) is 20.8. The maximum absolute atomic E-state index is 10.8. The normalized spacial score (nSPS) is 11.9. The van der Waals surface area contributed by atoms with Gasteiger partial charge in [-0.3, -0.25) is 4.79 Å². The maximum atomic E-state index is 10.8. The van der Waals surface area contributed by atoms with Crippen LogP contribution < -0.4 is 21.1 Å². The average Bonchev–Trinajstić information content (AvgIpc) is 3.18. The minimum Gasteiger partial charge on any atom is -0.484 e. The molecule has 1 heterocycles. The minimum atomic E-state index is -0.495. The van der Waals surface area contributed by atoms with Crippen LogP contribution in [0.4, 0.5) is 0 Å². The molecule has 146 valence electrons. The molecule has 1 aromatic carbocycles. The molecular formula is C20H28N4O2S. The number of amides is 1. The van der Waals surface area contributed by atoms with Gasteiger partial charge in [-0.25, -0.2) is 4.99 Å². The fourth-order valence-electron chi connectivity index (χ4n) is 2.46. The number of rotatable bonds is 9. The molecule has 0 atom stereocenters. The lowest BCUT2D eigenvalue weighted by Crippen LogP contribution is -2.43. The number of primary amides is 1. The Morgan fingerprint density at radius 3 is 2.74 bits per heavy atom. The fourth-order valence-corrected chi connectivity index (χ4v) is 3.31. The molecule has 27 heavy (non-hydrogen) atoms. The molecule has 0 radical (unpaired) electrons. The Morgan fingerprint density at radius 2 is 2.07 bits per heavy atom. The molecule has 0 fully saturated rings. The molecule has 6 nitrogen and oxygen atoms in total. The summed E-state index contributed by atoms with van der Waals surface area (Å²) in [6.45, 7) is 8.41. The molecule has 0 aliphatic heterocycles. The number of hydrogen-bond donors (Lipinski definition) is 3. The van der Waals surface area contributed by atoms with Crippen molar-refractivity contribution < 1.29 is 9.53 Å². The topological polar surface area (TPSA) is 88.7 Å². The molecule has 0 aliphatic carbocycles. The monoisotopic (exact) mass is 388 g/mol. The van der Waals surface area contributed by atoms with Crippen molar-refractivity contribution in [2.75, 3.05) is 19.7 Å². The van der Waals surface area contributed by atoms with Gasteiger partial charge in [-0.1, -0.05) is 32.0 Å². The van der Waals surface area contributed by atoms with Gasteiger partial charge in [0.25, 0.3) is 5.91 Å². The van der Waals surface area contributed by atoms with E-state index in [0.29, 0.717) is 12.3 Å². The summed E-state index contributed by atoms with van der Waals surface area (Å²) in [6, 6.07) is 11.7. The first-order valence-electron chi connectivity index (χ1n) is 8.97. The predicted octanol–water partition coefficient (Wildman–Crippen LogP) is 2.65. The summed E-state index contributed by atoms with van der Waals surface area (Å²) in [5, 5.41) is 8.80. The molecular weight excluding hydrogens is 360 g/mol. The van der Waals surface area contributed by atoms with E-state index in [1.165, 1.54) is 4.88 Å². The molecule has 0 spiro atoms. The van der Waals surface area contributed by atoms with Gasteiger partial charge in [-0.2, -0.15) is 0 Å². The molecule has 1 amide bonds. The lowest BCUT2D eigenvalue weighted by Gasteiger charge is -2.25. The molecule has 0 saturated carbocycles. The smallest absolute Gasteiger partial charge is 0.255 e. The minimum absolute atomic E-state index is 0.0207. The standard InChI is InChI=1S/C20H28N4O2S/c1-4-22-19(24-14-20(2,3)17-9-6-10-27-17)23-12-15-7-5-8-16(11-15)26-13-18(21)25/h5-11H,4,12-14H2,1-3H3,(H2,21,25)(H2,22,23,24). The predicted molar refractivity (Wildman–Crippen MR) is 111 cm³/mol. The SMILES string of the molecule is CCNC(=NCc1cccc(OCC(N)=O)c1)NCC(C)(C)c1cccs1. The van der Waals surface area contributed by atoms with Crippen molar-refractivity contribution in [1.29, 1.82) is 0 Å². The Balaban J connectivity index is 1.98. The molecule has 4 N–H and O–H groups in total. The molecule has 1 aromatic heterocycles. The Morgan fingerprint density at radius 1 is 1.26 bits per heavy atom. The summed E-state index contributed by atoms with van der Waals surface area (Å²) < 4.78 is 5.34. The van der Waals surface area contributed by atoms with Crippen LogP contribution in [0.3, 0.4) is 0 Å². The number of thiophene rings is 1. The van der Waals surface area contributed by atoms with Gasteiger partial charge in [-0.15, -0.1) is 11.3 Å². The van der Waals surface area contributed by atoms with E-state index in [1.54, 1.807) is 17.4 Å². The highest BCUT2D eigenvalue weighted by atomic mass is 32.1. The number of nitrogens with zero attached hydrogens (tertiary/aromatic N) is 1. The van der Waals surface area contributed by atoms with Crippen LogP contribution in [0.15, 0.2) is 46.8 Å². The number of hydrogen-bond acceptors (Lipinski definition) is 4. The van der Waals surface area contributed by atoms with Crippen molar-refractivity contribution in [3.05, 3.63) is 52.2 Å². The zero-order valence-electron chi connectivity index (χ0n) is 16.1. The second kappa shape index (κ2) is 9.97. The van der Waals surface area contributed by atoms with Gasteiger partial charge < -0.3 is 21.1 Å². The van der Waals surface area contributed by atoms with E-state index >= 15 is 0 Å². The molecule has 0 bridgehead atoms. The Labute approximate surface area is 164 Å². The van der Waals surface area contributed by atoms with Crippen molar-refractivity contribution in [2.45, 2.75) is 32.7 Å². The van der Waals surface area contributed by atoms with Crippen LogP contribution in [0, 0.1) is 0 Å². The van der Waals surface area contributed by atoms with Crippen LogP contribution in [-0.2, 0) is 16.8 Å². The number of carbonyl (C=O) groups is 1. The van der Waals surface area contributed by atoms with Crippen molar-refractivity contribution in [2.24, 2.45) is 10.7 Å². The second-order valence-electron chi connectivity index (χ2n) is 6.81. The highest BCUT2D eigenvalue weighted by Crippen LogP contribution is 2.26. The second-order valence-corrected chi connectivity index (χ2v) is 7.76. The van der Waals surface area contributed by atoms with Gasteiger partial charge in [0.1, 0.15) is 5.75 Å². The number of nitrogens with two attached hydrogens (primary N) is 1. The highest BCUT2D eigenvalue weighted by molar-refractivity contribution is 7.10. The number of benzene rings is 1. The van der Waals surface area contributed by atoms with Crippen LogP contribution in [0.2, 0.25) is 0 Å². The summed E-state index contributed by atoms with van der Waals surface area (Å²) >= 11 is 1.77. The van der Waals surface area contributed by atoms with Gasteiger partial charge in [0.15, 0.2) is 12.6 Å². The van der Waals surface area contributed by atoms with Gasteiger partial charge in [0.05, 0.1) is 6.54 Å². The third-order valence-corrected chi connectivity index (χ3v) is 5.17. The highest BCUT2D eigenvalue weighted by Gasteiger charge is 2.21. The van der Waals surface area contributed by atoms with Crippen molar-refractivity contribution in [3.8, 4) is 5.75 Å². The van der Waals surface area contributed by atoms with E-state index in [0.717, 1.165) is 24.6 Å². The van der Waals surface area contributed by atoms with Crippen LogP contribution in [0.25, 0.3) is 0 Å². The van der Waals surface area contributed by atoms with Gasteiger partial charge in [0, 0.05) is 23.4 Å². The lowest BCUT2D eigenvalue weighted by atomic mass is 9.91. The van der Waals surface area contributed by atoms with Crippen LogP contribution in [0.1, 0.15) is 31.2 Å². The zero-order valence-corrected chi connectivity index (χ0v) is 16.9. The summed E-state index contributed by atoms with van der Waals surface area (Å²) in [5.41, 5.74) is 6.12. The first-order chi connectivity index (χ1) is 12.9. The van der Waals surface area contributed by atoms with Gasteiger partial charge in [0.2, 0.25) is 0 Å². The average molecular weight is 389 g/mol. The summed E-state index contributed by atoms with van der Waals surface area (Å²) in [5.74, 6) is 0.884. The maximum Gasteiger partial charge on any atom is 0.255 e. The zero-order chi connectivity index (χ0) is 19.7. The number of nitrogens with one attached hydrogen (secondary N) is 2. The molecule has 2 aromatic rings. The van der Waals surface area contributed by atoms with E-state index in [1.807, 2.05) is 25.1 Å². The van der Waals surface area contributed by atoms with Crippen molar-refractivity contribution in [3.63, 3.8) is 0 Å². The molecule has 7 heteroatoms. The first-order valence-corrected chi connectivity index (χ1v) is 9.85. The number of ether oxygens (including phenoxy) is 1. The van der Waals surface area contributed by atoms with Gasteiger partial charge >= 0.3 is 0 Å². The lowest BCUT2D eigenvalue weighted by molar-refractivity contribution is -0.119. The third-order valence-electron chi connectivity index (χ3n) is 3.93. The summed E-state index contributed by atoms with van der Waals surface area (Å²) in [4.78, 5) is 16.8. The molecule has 0 aliphatic rings. The summed E-state index contributed by atoms with van der Waals surface area (Å²) in [6.07, 6.45) is 0. The van der Waals surface area contributed by atoms with E-state index in [2.05, 4.69) is 47.0 Å². The van der Waals surface area contributed by atoms with Crippen molar-refractivity contribution in [1.82, 2.24) is 10.6 Å². The van der Waals surface area contributed by atoms with Gasteiger partial charge in [-0.05, 0) is 36.1 Å².